The van der Waals surface area contributed by atoms with Gasteiger partial charge in [0.25, 0.3) is 0 Å². The van der Waals surface area contributed by atoms with E-state index in [-0.39, 0.29) is 5.75 Å². The van der Waals surface area contributed by atoms with Gasteiger partial charge in [-0.3, -0.25) is 4.90 Å². The minimum absolute atomic E-state index is 0.148. The lowest BCUT2D eigenvalue weighted by atomic mass is 9.93. The van der Waals surface area contributed by atoms with Crippen LogP contribution in [0.25, 0.3) is 0 Å². The average Bonchev–Trinajstić information content (AvgIpc) is 2.38. The summed E-state index contributed by atoms with van der Waals surface area (Å²) in [6, 6.07) is 3.35. The van der Waals surface area contributed by atoms with Crippen molar-refractivity contribution < 1.29 is 5.11 Å². The Hall–Kier alpha value is -0.480. The van der Waals surface area contributed by atoms with Gasteiger partial charge in [0.1, 0.15) is 5.75 Å². The molecule has 1 aliphatic rings. The van der Waals surface area contributed by atoms with Crippen LogP contribution in [-0.4, -0.2) is 29.6 Å². The number of hydrogen-bond donors (Lipinski definition) is 2. The number of hydrogen-bond acceptors (Lipinski definition) is 3. The number of piperidine rings is 1. The van der Waals surface area contributed by atoms with Gasteiger partial charge in [-0.2, -0.15) is 0 Å². The first-order valence-electron chi connectivity index (χ1n) is 6.69. The molecule has 0 saturated carbocycles. The first kappa shape index (κ1) is 14.9. The Balaban J connectivity index is 1.96. The van der Waals surface area contributed by atoms with E-state index in [0.29, 0.717) is 16.6 Å². The van der Waals surface area contributed by atoms with Gasteiger partial charge in [-0.05, 0) is 56.9 Å². The molecule has 1 aromatic carbocycles. The predicted octanol–water partition coefficient (Wildman–Crippen LogP) is 3.26. The number of phenols is 1. The fourth-order valence-corrected chi connectivity index (χ4v) is 3.19. The predicted molar refractivity (Wildman–Crippen MR) is 79.8 cm³/mol. The second-order valence-electron chi connectivity index (χ2n) is 5.19. The van der Waals surface area contributed by atoms with E-state index < -0.39 is 0 Å². The van der Waals surface area contributed by atoms with Crippen LogP contribution in [0.15, 0.2) is 12.1 Å². The molecule has 0 aromatic heterocycles. The monoisotopic (exact) mass is 302 g/mol. The molecular formula is C14H20Cl2N2O. The van der Waals surface area contributed by atoms with Gasteiger partial charge in [0.2, 0.25) is 0 Å². The van der Waals surface area contributed by atoms with Gasteiger partial charge >= 0.3 is 0 Å². The minimum Gasteiger partial charge on any atom is -0.506 e. The third-order valence-electron chi connectivity index (χ3n) is 3.78. The van der Waals surface area contributed by atoms with Crippen LogP contribution in [0.1, 0.15) is 24.8 Å². The number of nitrogens with zero attached hydrogens (tertiary/aromatic N) is 1. The van der Waals surface area contributed by atoms with Crippen molar-refractivity contribution in [2.45, 2.75) is 25.8 Å². The lowest BCUT2D eigenvalue weighted by Crippen LogP contribution is -2.33. The van der Waals surface area contributed by atoms with Crippen molar-refractivity contribution in [2.24, 2.45) is 11.7 Å². The van der Waals surface area contributed by atoms with E-state index in [1.165, 1.54) is 12.8 Å². The highest BCUT2D eigenvalue weighted by molar-refractivity contribution is 6.35. The number of rotatable bonds is 4. The quantitative estimate of drug-likeness (QED) is 0.897. The summed E-state index contributed by atoms with van der Waals surface area (Å²) in [6.45, 7) is 3.54. The highest BCUT2D eigenvalue weighted by Crippen LogP contribution is 2.32. The molecule has 106 valence electrons. The van der Waals surface area contributed by atoms with Gasteiger partial charge in [-0.25, -0.2) is 0 Å². The third-order valence-corrected chi connectivity index (χ3v) is 4.29. The number of benzene rings is 1. The third kappa shape index (κ3) is 3.99. The van der Waals surface area contributed by atoms with Gasteiger partial charge in [0.05, 0.1) is 5.02 Å². The SMILES string of the molecule is NCCC1CCN(Cc2cc(Cl)cc(Cl)c2O)CC1. The first-order valence-corrected chi connectivity index (χ1v) is 7.45. The van der Waals surface area contributed by atoms with Crippen LogP contribution in [0.3, 0.4) is 0 Å². The highest BCUT2D eigenvalue weighted by Gasteiger charge is 2.20. The Kier molecular flexibility index (Phi) is 5.34. The molecule has 0 aliphatic carbocycles. The smallest absolute Gasteiger partial charge is 0.138 e. The van der Waals surface area contributed by atoms with E-state index >= 15 is 0 Å². The maximum Gasteiger partial charge on any atom is 0.138 e. The van der Waals surface area contributed by atoms with E-state index in [1.54, 1.807) is 12.1 Å². The van der Waals surface area contributed by atoms with Gasteiger partial charge in [0, 0.05) is 17.1 Å². The van der Waals surface area contributed by atoms with Crippen LogP contribution >= 0.6 is 23.2 Å². The molecular weight excluding hydrogens is 283 g/mol. The van der Waals surface area contributed by atoms with Crippen LogP contribution in [0, 0.1) is 5.92 Å². The summed E-state index contributed by atoms with van der Waals surface area (Å²) in [6.07, 6.45) is 3.46. The topological polar surface area (TPSA) is 49.5 Å². The average molecular weight is 303 g/mol. The number of nitrogens with two attached hydrogens (primary N) is 1. The van der Waals surface area contributed by atoms with E-state index in [4.69, 9.17) is 28.9 Å². The normalized spacial score (nSPS) is 17.8. The van der Waals surface area contributed by atoms with Gasteiger partial charge < -0.3 is 10.8 Å². The van der Waals surface area contributed by atoms with Crippen molar-refractivity contribution in [3.8, 4) is 5.75 Å². The second kappa shape index (κ2) is 6.80. The maximum absolute atomic E-state index is 9.96. The number of halogens is 2. The van der Waals surface area contributed by atoms with Gasteiger partial charge in [-0.1, -0.05) is 23.2 Å². The summed E-state index contributed by atoms with van der Waals surface area (Å²) in [7, 11) is 0. The van der Waals surface area contributed by atoms with E-state index in [1.807, 2.05) is 0 Å². The van der Waals surface area contributed by atoms with Crippen LogP contribution < -0.4 is 5.73 Å². The van der Waals surface area contributed by atoms with Gasteiger partial charge in [0.15, 0.2) is 0 Å². The lowest BCUT2D eigenvalue weighted by Gasteiger charge is -2.32. The largest absolute Gasteiger partial charge is 0.506 e. The van der Waals surface area contributed by atoms with Crippen LogP contribution in [0.4, 0.5) is 0 Å². The van der Waals surface area contributed by atoms with Crippen molar-refractivity contribution in [1.29, 1.82) is 0 Å². The van der Waals surface area contributed by atoms with Crippen LogP contribution in [0.5, 0.6) is 5.75 Å². The number of aromatic hydroxyl groups is 1. The molecule has 3 nitrogen and oxygen atoms in total. The zero-order chi connectivity index (χ0) is 13.8. The Labute approximate surface area is 124 Å². The molecule has 2 rings (SSSR count). The molecule has 1 fully saturated rings. The Morgan fingerprint density at radius 1 is 1.26 bits per heavy atom. The van der Waals surface area contributed by atoms with Gasteiger partial charge in [-0.15, -0.1) is 0 Å². The molecule has 0 amide bonds. The molecule has 19 heavy (non-hydrogen) atoms. The molecule has 1 aliphatic heterocycles. The Bertz CT molecular complexity index is 432. The molecule has 1 heterocycles. The fraction of sp³-hybridized carbons (Fsp3) is 0.571. The molecule has 1 saturated heterocycles. The molecule has 0 bridgehead atoms. The highest BCUT2D eigenvalue weighted by atomic mass is 35.5. The standard InChI is InChI=1S/C14H20Cl2N2O/c15-12-7-11(14(19)13(16)8-12)9-18-5-2-10(1-4-17)3-6-18/h7-8,10,19H,1-6,9,17H2. The second-order valence-corrected chi connectivity index (χ2v) is 6.04. The molecule has 0 atom stereocenters. The summed E-state index contributed by atoms with van der Waals surface area (Å²) in [5.74, 6) is 0.896. The van der Waals surface area contributed by atoms with Crippen molar-refractivity contribution in [2.75, 3.05) is 19.6 Å². The minimum atomic E-state index is 0.148. The summed E-state index contributed by atoms with van der Waals surface area (Å²) >= 11 is 11.9. The van der Waals surface area contributed by atoms with Crippen LogP contribution in [0.2, 0.25) is 10.0 Å². The lowest BCUT2D eigenvalue weighted by molar-refractivity contribution is 0.172. The Morgan fingerprint density at radius 2 is 1.95 bits per heavy atom. The molecule has 0 unspecified atom stereocenters. The zero-order valence-corrected chi connectivity index (χ0v) is 12.4. The molecule has 3 N–H and O–H groups in total. The summed E-state index contributed by atoms with van der Waals surface area (Å²) in [5, 5.41) is 10.8. The number of phenolic OH excluding ortho intramolecular Hbond substituents is 1. The Morgan fingerprint density at radius 3 is 2.58 bits per heavy atom. The molecule has 1 aromatic rings. The summed E-state index contributed by atoms with van der Waals surface area (Å²) in [5.41, 5.74) is 6.40. The molecule has 0 spiro atoms. The van der Waals surface area contributed by atoms with Crippen molar-refractivity contribution in [1.82, 2.24) is 4.90 Å². The molecule has 0 radical (unpaired) electrons. The van der Waals surface area contributed by atoms with E-state index in [0.717, 1.165) is 37.5 Å². The molecule has 5 heteroatoms. The van der Waals surface area contributed by atoms with E-state index in [9.17, 15) is 5.11 Å². The summed E-state index contributed by atoms with van der Waals surface area (Å²) in [4.78, 5) is 2.33. The summed E-state index contributed by atoms with van der Waals surface area (Å²) < 4.78 is 0. The van der Waals surface area contributed by atoms with Crippen molar-refractivity contribution >= 4 is 23.2 Å². The van der Waals surface area contributed by atoms with Crippen LogP contribution in [-0.2, 0) is 6.54 Å². The van der Waals surface area contributed by atoms with Crippen molar-refractivity contribution in [3.63, 3.8) is 0 Å². The number of likely N-dealkylation sites (tertiary alicyclic amines) is 1. The van der Waals surface area contributed by atoms with Crippen molar-refractivity contribution in [3.05, 3.63) is 27.7 Å². The maximum atomic E-state index is 9.96. The zero-order valence-electron chi connectivity index (χ0n) is 10.9. The van der Waals surface area contributed by atoms with E-state index in [2.05, 4.69) is 4.90 Å². The first-order chi connectivity index (χ1) is 9.10. The fourth-order valence-electron chi connectivity index (χ4n) is 2.65.